The molecule has 2 aromatic carbocycles. The highest BCUT2D eigenvalue weighted by atomic mass is 35.5. The zero-order valence-corrected chi connectivity index (χ0v) is 16.8. The van der Waals surface area contributed by atoms with Crippen LogP contribution in [-0.2, 0) is 17.8 Å². The molecule has 0 aliphatic carbocycles. The first-order valence-corrected chi connectivity index (χ1v) is 10.1. The molecular formula is C22H20ClN5O2. The number of aromatic amines is 2. The van der Waals surface area contributed by atoms with Gasteiger partial charge in [-0.05, 0) is 54.4 Å². The van der Waals surface area contributed by atoms with Crippen molar-refractivity contribution in [1.82, 2.24) is 20.2 Å². The van der Waals surface area contributed by atoms with E-state index >= 15 is 0 Å². The number of nitrogens with zero attached hydrogens (tertiary/aromatic N) is 1. The Morgan fingerprint density at radius 2 is 1.97 bits per heavy atom. The minimum Gasteiger partial charge on any atom is -0.361 e. The van der Waals surface area contributed by atoms with E-state index in [1.165, 1.54) is 5.56 Å². The summed E-state index contributed by atoms with van der Waals surface area (Å²) in [7, 11) is 0. The molecule has 7 nitrogen and oxygen atoms in total. The number of aromatic nitrogens is 2. The molecule has 0 unspecified atom stereocenters. The minimum atomic E-state index is -0.267. The van der Waals surface area contributed by atoms with Gasteiger partial charge in [0.2, 0.25) is 5.91 Å². The second kappa shape index (κ2) is 7.42. The minimum absolute atomic E-state index is 0.0876. The largest absolute Gasteiger partial charge is 0.361 e. The van der Waals surface area contributed by atoms with Gasteiger partial charge >= 0.3 is 6.03 Å². The molecule has 0 radical (unpaired) electrons. The average molecular weight is 422 g/mol. The number of carbonyl (C=O) groups is 2. The summed E-state index contributed by atoms with van der Waals surface area (Å²) in [5, 5.41) is 8.35. The van der Waals surface area contributed by atoms with Gasteiger partial charge < -0.3 is 25.5 Å². The molecule has 4 N–H and O–H groups in total. The zero-order chi connectivity index (χ0) is 20.7. The van der Waals surface area contributed by atoms with Crippen LogP contribution in [0, 0.1) is 0 Å². The lowest BCUT2D eigenvalue weighted by Crippen LogP contribution is -2.45. The fourth-order valence-electron chi connectivity index (χ4n) is 3.99. The van der Waals surface area contributed by atoms with Gasteiger partial charge in [-0.2, -0.15) is 0 Å². The van der Waals surface area contributed by atoms with Crippen LogP contribution in [0.1, 0.15) is 11.3 Å². The summed E-state index contributed by atoms with van der Waals surface area (Å²) in [6, 6.07) is 13.1. The number of halogens is 1. The van der Waals surface area contributed by atoms with E-state index in [4.69, 9.17) is 11.6 Å². The fourth-order valence-corrected chi connectivity index (χ4v) is 4.16. The van der Waals surface area contributed by atoms with Crippen molar-refractivity contribution < 1.29 is 9.59 Å². The Morgan fingerprint density at radius 3 is 2.87 bits per heavy atom. The van der Waals surface area contributed by atoms with Crippen molar-refractivity contribution in [3.8, 4) is 0 Å². The summed E-state index contributed by atoms with van der Waals surface area (Å²) >= 11 is 6.12. The predicted molar refractivity (Wildman–Crippen MR) is 118 cm³/mol. The second-order valence-corrected chi connectivity index (χ2v) is 7.87. The third-order valence-electron chi connectivity index (χ3n) is 5.46. The lowest BCUT2D eigenvalue weighted by atomic mass is 10.0. The van der Waals surface area contributed by atoms with E-state index in [9.17, 15) is 9.59 Å². The Kier molecular flexibility index (Phi) is 4.59. The van der Waals surface area contributed by atoms with Gasteiger partial charge in [-0.15, -0.1) is 0 Å². The maximum atomic E-state index is 12.6. The van der Waals surface area contributed by atoms with Gasteiger partial charge in [-0.1, -0.05) is 11.6 Å². The molecule has 0 bridgehead atoms. The predicted octanol–water partition coefficient (Wildman–Crippen LogP) is 4.01. The van der Waals surface area contributed by atoms with Crippen LogP contribution in [0.2, 0.25) is 5.02 Å². The lowest BCUT2D eigenvalue weighted by Gasteiger charge is -2.27. The van der Waals surface area contributed by atoms with Gasteiger partial charge in [0.1, 0.15) is 0 Å². The molecule has 0 saturated heterocycles. The molecule has 0 spiro atoms. The molecule has 4 aromatic rings. The smallest absolute Gasteiger partial charge is 0.318 e. The molecule has 2 aromatic heterocycles. The van der Waals surface area contributed by atoms with Crippen LogP contribution >= 0.6 is 11.6 Å². The summed E-state index contributed by atoms with van der Waals surface area (Å²) < 4.78 is 0. The van der Waals surface area contributed by atoms with E-state index in [-0.39, 0.29) is 18.5 Å². The molecule has 30 heavy (non-hydrogen) atoms. The molecular weight excluding hydrogens is 402 g/mol. The SMILES string of the molecule is O=C(CNC(=O)N1CCc2c([nH]c3ccc(Cl)cc23)C1)Nc1ccc2[nH]ccc2c1. The third-order valence-corrected chi connectivity index (χ3v) is 5.70. The summed E-state index contributed by atoms with van der Waals surface area (Å²) in [5.41, 5.74) is 4.93. The van der Waals surface area contributed by atoms with Crippen molar-refractivity contribution in [1.29, 1.82) is 0 Å². The van der Waals surface area contributed by atoms with E-state index < -0.39 is 0 Å². The second-order valence-electron chi connectivity index (χ2n) is 7.43. The van der Waals surface area contributed by atoms with Crippen LogP contribution in [0.25, 0.3) is 21.8 Å². The first-order valence-electron chi connectivity index (χ1n) is 9.75. The molecule has 0 atom stereocenters. The van der Waals surface area contributed by atoms with E-state index in [0.29, 0.717) is 23.8 Å². The summed E-state index contributed by atoms with van der Waals surface area (Å²) in [5.74, 6) is -0.267. The summed E-state index contributed by atoms with van der Waals surface area (Å²) in [6.07, 6.45) is 2.59. The Bertz CT molecular complexity index is 1280. The van der Waals surface area contributed by atoms with Crippen molar-refractivity contribution in [2.24, 2.45) is 0 Å². The van der Waals surface area contributed by atoms with Gasteiger partial charge in [0, 0.05) is 51.0 Å². The van der Waals surface area contributed by atoms with Crippen LogP contribution in [0.15, 0.2) is 48.7 Å². The quantitative estimate of drug-likeness (QED) is 0.402. The maximum absolute atomic E-state index is 12.6. The van der Waals surface area contributed by atoms with Gasteiger partial charge in [-0.3, -0.25) is 4.79 Å². The zero-order valence-electron chi connectivity index (χ0n) is 16.1. The number of fused-ring (bicyclic) bond motifs is 4. The van der Waals surface area contributed by atoms with Crippen LogP contribution in [0.5, 0.6) is 0 Å². The molecule has 5 rings (SSSR count). The summed E-state index contributed by atoms with van der Waals surface area (Å²) in [6.45, 7) is 0.971. The normalized spacial score (nSPS) is 13.4. The average Bonchev–Trinajstić information content (AvgIpc) is 3.35. The monoisotopic (exact) mass is 421 g/mol. The number of amides is 3. The highest BCUT2D eigenvalue weighted by Gasteiger charge is 2.24. The topological polar surface area (TPSA) is 93.0 Å². The molecule has 3 amide bonds. The standard InChI is InChI=1S/C22H20ClN5O2/c23-14-1-3-19-17(10-14)16-6-8-28(12-20(16)27-19)22(30)25-11-21(29)26-15-2-4-18-13(9-15)5-7-24-18/h1-5,7,9-10,24,27H,6,8,11-12H2,(H,25,30)(H,26,29). The number of hydrogen-bond donors (Lipinski definition) is 4. The van der Waals surface area contributed by atoms with Crippen molar-refractivity contribution in [2.75, 3.05) is 18.4 Å². The number of benzene rings is 2. The number of hydrogen-bond acceptors (Lipinski definition) is 2. The molecule has 0 saturated carbocycles. The van der Waals surface area contributed by atoms with Gasteiger partial charge in [0.25, 0.3) is 0 Å². The molecule has 3 heterocycles. The Morgan fingerprint density at radius 1 is 1.10 bits per heavy atom. The van der Waals surface area contributed by atoms with E-state index in [1.807, 2.05) is 48.7 Å². The van der Waals surface area contributed by atoms with E-state index in [0.717, 1.165) is 33.9 Å². The van der Waals surface area contributed by atoms with E-state index in [2.05, 4.69) is 20.6 Å². The fraction of sp³-hybridized carbons (Fsp3) is 0.182. The molecule has 8 heteroatoms. The van der Waals surface area contributed by atoms with Gasteiger partial charge in [0.15, 0.2) is 0 Å². The number of carbonyl (C=O) groups excluding carboxylic acids is 2. The van der Waals surface area contributed by atoms with Gasteiger partial charge in [0.05, 0.1) is 13.1 Å². The Hall–Kier alpha value is -3.45. The number of rotatable bonds is 3. The van der Waals surface area contributed by atoms with Crippen molar-refractivity contribution in [2.45, 2.75) is 13.0 Å². The summed E-state index contributed by atoms with van der Waals surface area (Å²) in [4.78, 5) is 33.0. The van der Waals surface area contributed by atoms with Crippen LogP contribution in [-0.4, -0.2) is 39.9 Å². The number of urea groups is 1. The molecule has 0 fully saturated rings. The third kappa shape index (κ3) is 3.48. The van der Waals surface area contributed by atoms with Crippen molar-refractivity contribution >= 4 is 51.0 Å². The number of nitrogens with one attached hydrogen (secondary N) is 4. The Balaban J connectivity index is 1.19. The van der Waals surface area contributed by atoms with Crippen molar-refractivity contribution in [3.05, 3.63) is 64.9 Å². The molecule has 1 aliphatic rings. The number of anilines is 1. The molecule has 152 valence electrons. The Labute approximate surface area is 177 Å². The van der Waals surface area contributed by atoms with Crippen LogP contribution in [0.3, 0.4) is 0 Å². The van der Waals surface area contributed by atoms with Crippen molar-refractivity contribution in [3.63, 3.8) is 0 Å². The maximum Gasteiger partial charge on any atom is 0.318 e. The highest BCUT2D eigenvalue weighted by molar-refractivity contribution is 6.31. The first-order chi connectivity index (χ1) is 14.6. The lowest BCUT2D eigenvalue weighted by molar-refractivity contribution is -0.115. The first kappa shape index (κ1) is 18.6. The van der Waals surface area contributed by atoms with Crippen LogP contribution < -0.4 is 10.6 Å². The van der Waals surface area contributed by atoms with Crippen LogP contribution in [0.4, 0.5) is 10.5 Å². The van der Waals surface area contributed by atoms with Gasteiger partial charge in [-0.25, -0.2) is 4.79 Å². The van der Waals surface area contributed by atoms with E-state index in [1.54, 1.807) is 4.90 Å². The number of H-pyrrole nitrogens is 2. The highest BCUT2D eigenvalue weighted by Crippen LogP contribution is 2.29. The molecule has 1 aliphatic heterocycles.